The highest BCUT2D eigenvalue weighted by molar-refractivity contribution is 6.30. The second kappa shape index (κ2) is 7.69. The first-order chi connectivity index (χ1) is 18.5. The molecule has 2 aromatic rings. The van der Waals surface area contributed by atoms with E-state index in [0.717, 1.165) is 4.90 Å². The van der Waals surface area contributed by atoms with Crippen LogP contribution in [0.1, 0.15) is 60.5 Å². The fourth-order valence-electron chi connectivity index (χ4n) is 2.42. The van der Waals surface area contributed by atoms with Crippen LogP contribution in [0.25, 0.3) is 0 Å². The van der Waals surface area contributed by atoms with E-state index in [1.54, 1.807) is 0 Å². The van der Waals surface area contributed by atoms with Crippen LogP contribution >= 0.6 is 11.6 Å². The maximum Gasteiger partial charge on any atom is 0.115 e. The fraction of sp³-hybridized carbons (Fsp3) is 0.429. The van der Waals surface area contributed by atoms with Gasteiger partial charge in [0, 0.05) is 25.8 Å². The van der Waals surface area contributed by atoms with Crippen molar-refractivity contribution in [3.05, 3.63) is 70.5 Å². The van der Waals surface area contributed by atoms with Gasteiger partial charge >= 0.3 is 0 Å². The lowest BCUT2D eigenvalue weighted by atomic mass is 9.88. The van der Waals surface area contributed by atoms with Crippen molar-refractivity contribution in [3.63, 3.8) is 0 Å². The Kier molecular flexibility index (Phi) is 1.96. The molecule has 0 bridgehead atoms. The molecular weight excluding hydrogens is 318 g/mol. The van der Waals surface area contributed by atoms with Crippen molar-refractivity contribution in [2.45, 2.75) is 37.8 Å². The van der Waals surface area contributed by atoms with Crippen molar-refractivity contribution in [1.29, 1.82) is 0 Å². The Labute approximate surface area is 174 Å². The Bertz CT molecular complexity index is 1230. The molecule has 1 fully saturated rings. The zero-order valence-corrected chi connectivity index (χ0v) is 13.4. The second-order valence-corrected chi connectivity index (χ2v) is 5.69. The largest absolute Gasteiger partial charge is 0.366 e. The van der Waals surface area contributed by atoms with Crippen molar-refractivity contribution < 1.29 is 28.0 Å². The van der Waals surface area contributed by atoms with Gasteiger partial charge in [0.05, 0.1) is 15.1 Å². The topological polar surface area (TPSA) is 12.5 Å². The Morgan fingerprint density at radius 3 is 2.71 bits per heavy atom. The van der Waals surface area contributed by atoms with Gasteiger partial charge in [0.25, 0.3) is 0 Å². The number of likely N-dealkylation sites (tertiary alicyclic amines) is 1. The first-order valence-electron chi connectivity index (χ1n) is 15.8. The molecule has 3 rings (SSSR count). The predicted molar refractivity (Wildman–Crippen MR) is 101 cm³/mol. The summed E-state index contributed by atoms with van der Waals surface area (Å²) < 4.78 is 146. The molecule has 0 radical (unpaired) electrons. The van der Waals surface area contributed by atoms with Crippen LogP contribution in [-0.2, 0) is 10.3 Å². The molecule has 0 unspecified atom stereocenters. The van der Waals surface area contributed by atoms with Crippen LogP contribution in [0.2, 0.25) is 5.02 Å². The van der Waals surface area contributed by atoms with Crippen LogP contribution in [0, 0.1) is 0 Å². The van der Waals surface area contributed by atoms with Gasteiger partial charge in [-0.05, 0) is 62.8 Å². The number of hydrogen-bond acceptors (Lipinski definition) is 2. The Balaban J connectivity index is 2.47. The summed E-state index contributed by atoms with van der Waals surface area (Å²) in [6.07, 6.45) is -0.182. The van der Waals surface area contributed by atoms with E-state index in [-0.39, 0.29) is 13.0 Å². The zero-order chi connectivity index (χ0) is 31.6. The maximum absolute atomic E-state index is 8.69. The summed E-state index contributed by atoms with van der Waals surface area (Å²) >= 11 is 5.92. The molecule has 0 amide bonds. The lowest BCUT2D eigenvalue weighted by Gasteiger charge is -2.32. The SMILES string of the molecule is [2H]c1c([2H])c([2H])c([C@@](OC([2H])([2H])C[C@@H]2CCCN2C([2H])([2H])[2H])(c2c([2H])c([2H])c(Cl)c([2H])c2[2H])C([2H])([2H])[2H])c([2H])c1[2H]. The van der Waals surface area contributed by atoms with E-state index in [4.69, 9.17) is 39.6 Å². The highest BCUT2D eigenvalue weighted by Gasteiger charge is 2.30. The summed E-state index contributed by atoms with van der Waals surface area (Å²) in [5, 5.41) is -0.702. The van der Waals surface area contributed by atoms with E-state index in [1.165, 1.54) is 0 Å². The minimum atomic E-state index is -3.73. The molecule has 1 heterocycles. The number of halogens is 1. The monoisotopic (exact) mass is 360 g/mol. The van der Waals surface area contributed by atoms with Crippen LogP contribution in [0.4, 0.5) is 0 Å². The van der Waals surface area contributed by atoms with E-state index in [2.05, 4.69) is 0 Å². The van der Waals surface area contributed by atoms with Crippen molar-refractivity contribution in [2.24, 2.45) is 0 Å². The third-order valence-electron chi connectivity index (χ3n) is 3.72. The molecule has 0 saturated carbocycles. The van der Waals surface area contributed by atoms with Crippen molar-refractivity contribution in [3.8, 4) is 0 Å². The number of ether oxygens (including phenoxy) is 1. The fourth-order valence-corrected chi connectivity index (χ4v) is 2.51. The van der Waals surface area contributed by atoms with E-state index < -0.39 is 109 Å². The standard InChI is InChI=1S/C21H26ClNO/c1-21(17-7-4-3-5-8-17,18-10-12-19(22)13-11-18)24-16-14-20-9-6-15-23(20)2/h3-5,7-8,10-13,20H,6,9,14-16H2,1-2H3/t20-,21+/m0/s1/i1D3,2D3,3D,4D,5D,7D,8D,10D,11D,12D,13D,16D2. The van der Waals surface area contributed by atoms with Crippen LogP contribution in [0.3, 0.4) is 0 Å². The van der Waals surface area contributed by atoms with Gasteiger partial charge in [-0.25, -0.2) is 0 Å². The number of rotatable bonds is 6. The molecule has 0 aliphatic carbocycles. The lowest BCUT2D eigenvalue weighted by Crippen LogP contribution is -2.31. The molecule has 2 nitrogen and oxygen atoms in total. The second-order valence-electron chi connectivity index (χ2n) is 5.31. The predicted octanol–water partition coefficient (Wildman–Crippen LogP) is 5.10. The van der Waals surface area contributed by atoms with Crippen LogP contribution in [0.15, 0.2) is 54.4 Å². The molecule has 0 aromatic heterocycles. The van der Waals surface area contributed by atoms with Gasteiger partial charge in [-0.15, -0.1) is 0 Å². The molecule has 24 heavy (non-hydrogen) atoms. The highest BCUT2D eigenvalue weighted by atomic mass is 35.5. The number of hydrogen-bond donors (Lipinski definition) is 0. The Hall–Kier alpha value is -1.35. The van der Waals surface area contributed by atoms with E-state index >= 15 is 0 Å². The third kappa shape index (κ3) is 3.83. The van der Waals surface area contributed by atoms with Gasteiger partial charge in [-0.3, -0.25) is 0 Å². The van der Waals surface area contributed by atoms with Gasteiger partial charge in [0.15, 0.2) is 0 Å². The number of benzene rings is 2. The molecule has 2 atom stereocenters. The van der Waals surface area contributed by atoms with Gasteiger partial charge in [0.2, 0.25) is 0 Å². The Morgan fingerprint density at radius 2 is 2.00 bits per heavy atom. The summed E-state index contributed by atoms with van der Waals surface area (Å²) in [6.45, 7) is -9.38. The average Bonchev–Trinajstić information content (AvgIpc) is 3.31. The van der Waals surface area contributed by atoms with Gasteiger partial charge in [-0.2, -0.15) is 0 Å². The molecule has 0 N–H and O–H groups in total. The van der Waals surface area contributed by atoms with E-state index in [9.17, 15) is 0 Å². The van der Waals surface area contributed by atoms with Crippen LogP contribution in [-0.4, -0.2) is 31.0 Å². The molecule has 2 aromatic carbocycles. The highest BCUT2D eigenvalue weighted by Crippen LogP contribution is 2.34. The maximum atomic E-state index is 8.69. The normalized spacial score (nSPS) is 32.7. The average molecular weight is 361 g/mol. The first-order valence-corrected chi connectivity index (χ1v) is 7.69. The lowest BCUT2D eigenvalue weighted by molar-refractivity contribution is -0.0117. The molecule has 3 heteroatoms. The molecular formula is C21H26ClNO. The quantitative estimate of drug-likeness (QED) is 0.710. The molecule has 0 spiro atoms. The summed E-state index contributed by atoms with van der Waals surface area (Å²) in [5.41, 5.74) is -5.79. The van der Waals surface area contributed by atoms with Crippen LogP contribution < -0.4 is 0 Å². The zero-order valence-electron chi connectivity index (χ0n) is 29.6. The van der Waals surface area contributed by atoms with E-state index in [0.29, 0.717) is 6.42 Å². The van der Waals surface area contributed by atoms with Gasteiger partial charge in [0.1, 0.15) is 5.60 Å². The summed E-state index contributed by atoms with van der Waals surface area (Å²) in [6, 6.07) is -10.3. The minimum Gasteiger partial charge on any atom is -0.366 e. The van der Waals surface area contributed by atoms with E-state index in [1.807, 2.05) is 0 Å². The van der Waals surface area contributed by atoms with Gasteiger partial charge in [-0.1, -0.05) is 53.9 Å². The summed E-state index contributed by atoms with van der Waals surface area (Å²) in [4.78, 5) is 1.04. The smallest absolute Gasteiger partial charge is 0.115 e. The van der Waals surface area contributed by atoms with Crippen molar-refractivity contribution in [2.75, 3.05) is 20.1 Å². The molecule has 1 saturated heterocycles. The van der Waals surface area contributed by atoms with Crippen LogP contribution in [0.5, 0.6) is 0 Å². The Morgan fingerprint density at radius 1 is 1.25 bits per heavy atom. The third-order valence-corrected chi connectivity index (χ3v) is 3.91. The van der Waals surface area contributed by atoms with Gasteiger partial charge < -0.3 is 9.64 Å². The summed E-state index contributed by atoms with van der Waals surface area (Å²) in [7, 11) is 0. The molecule has 128 valence electrons. The van der Waals surface area contributed by atoms with Crippen molar-refractivity contribution >= 4 is 11.6 Å². The first kappa shape index (κ1) is 6.12. The number of nitrogens with zero attached hydrogens (tertiary/aromatic N) is 1. The minimum absolute atomic E-state index is 0.0834. The summed E-state index contributed by atoms with van der Waals surface area (Å²) in [5.74, 6) is 0. The van der Waals surface area contributed by atoms with Crippen molar-refractivity contribution in [1.82, 2.24) is 4.90 Å². The molecule has 1 aliphatic heterocycles. The molecule has 1 aliphatic rings.